The van der Waals surface area contributed by atoms with Crippen LogP contribution in [0.25, 0.3) is 21.1 Å². The summed E-state index contributed by atoms with van der Waals surface area (Å²) in [5, 5.41) is 1.62. The second-order valence-electron chi connectivity index (χ2n) is 8.15. The molecule has 3 aromatic heterocycles. The number of anilines is 1. The van der Waals surface area contributed by atoms with Crippen molar-refractivity contribution in [1.29, 1.82) is 0 Å². The first-order chi connectivity index (χ1) is 15.7. The number of nitrogens with zero attached hydrogens (tertiary/aromatic N) is 4. The number of benzene rings is 1. The molecule has 1 aromatic carbocycles. The number of aromatic nitrogens is 3. The number of carbonyl (C=O) groups excluding carboxylic acids is 1. The van der Waals surface area contributed by atoms with Gasteiger partial charge < -0.3 is 15.6 Å². The van der Waals surface area contributed by atoms with Gasteiger partial charge in [-0.3, -0.25) is 9.69 Å². The molecule has 5 rings (SSSR count). The third-order valence-electron chi connectivity index (χ3n) is 5.76. The number of thiophene rings is 1. The highest BCUT2D eigenvalue weighted by Gasteiger charge is 2.29. The topological polar surface area (TPSA) is 91.1 Å². The highest BCUT2D eigenvalue weighted by atomic mass is 32.1. The van der Waals surface area contributed by atoms with E-state index in [0.29, 0.717) is 21.7 Å². The number of hydrogen-bond donors (Lipinski definition) is 2. The van der Waals surface area contributed by atoms with Crippen LogP contribution in [0.15, 0.2) is 36.7 Å². The van der Waals surface area contributed by atoms with Crippen molar-refractivity contribution in [2.45, 2.75) is 19.1 Å². The van der Waals surface area contributed by atoms with Crippen LogP contribution in [0, 0.1) is 0 Å². The zero-order valence-electron chi connectivity index (χ0n) is 17.5. The van der Waals surface area contributed by atoms with Gasteiger partial charge in [-0.05, 0) is 29.8 Å². The molecular weight excluding hydrogens is 453 g/mol. The van der Waals surface area contributed by atoms with E-state index in [1.807, 2.05) is 18.2 Å². The van der Waals surface area contributed by atoms with Gasteiger partial charge >= 0.3 is 6.18 Å². The number of nitrogens with two attached hydrogens (primary N) is 1. The average Bonchev–Trinajstić information content (AvgIpc) is 3.36. The summed E-state index contributed by atoms with van der Waals surface area (Å²) in [7, 11) is 0. The Labute approximate surface area is 191 Å². The minimum absolute atomic E-state index is 0.248. The molecular formula is C22H21F3N6OS. The van der Waals surface area contributed by atoms with E-state index in [2.05, 4.69) is 24.8 Å². The number of piperazine rings is 1. The Bertz CT molecular complexity index is 1320. The summed E-state index contributed by atoms with van der Waals surface area (Å²) >= 11 is 1.07. The van der Waals surface area contributed by atoms with E-state index in [0.717, 1.165) is 60.5 Å². The Morgan fingerprint density at radius 1 is 1.12 bits per heavy atom. The summed E-state index contributed by atoms with van der Waals surface area (Å²) in [5.74, 6) is 0.205. The molecule has 0 spiro atoms. The normalized spacial score (nSPS) is 15.5. The van der Waals surface area contributed by atoms with Crippen LogP contribution in [-0.2, 0) is 13.0 Å². The molecule has 1 fully saturated rings. The molecule has 3 N–H and O–H groups in total. The average molecular weight is 475 g/mol. The zero-order chi connectivity index (χ0) is 23.2. The van der Waals surface area contributed by atoms with Gasteiger partial charge in [0.25, 0.3) is 5.91 Å². The molecule has 0 aliphatic carbocycles. The molecule has 0 bridgehead atoms. The number of halogens is 3. The molecule has 0 radical (unpaired) electrons. The molecule has 4 aromatic rings. The predicted molar refractivity (Wildman–Crippen MR) is 121 cm³/mol. The van der Waals surface area contributed by atoms with E-state index in [1.54, 1.807) is 12.1 Å². The number of rotatable bonds is 5. The first-order valence-corrected chi connectivity index (χ1v) is 11.3. The number of amides is 1. The Morgan fingerprint density at radius 2 is 1.91 bits per heavy atom. The lowest BCUT2D eigenvalue weighted by molar-refractivity contribution is -0.126. The van der Waals surface area contributed by atoms with Gasteiger partial charge in [-0.2, -0.15) is 13.2 Å². The van der Waals surface area contributed by atoms with Crippen molar-refractivity contribution < 1.29 is 18.0 Å². The number of primary amides is 1. The maximum absolute atomic E-state index is 12.8. The summed E-state index contributed by atoms with van der Waals surface area (Å²) in [6.07, 6.45) is -3.77. The van der Waals surface area contributed by atoms with Crippen molar-refractivity contribution in [1.82, 2.24) is 19.9 Å². The molecule has 11 heteroatoms. The lowest BCUT2D eigenvalue weighted by Crippen LogP contribution is -2.46. The van der Waals surface area contributed by atoms with Gasteiger partial charge in [0.15, 0.2) is 0 Å². The molecule has 0 saturated carbocycles. The number of hydrogen-bond acceptors (Lipinski definition) is 6. The Kier molecular flexibility index (Phi) is 5.45. The van der Waals surface area contributed by atoms with Gasteiger partial charge in [-0.25, -0.2) is 9.97 Å². The van der Waals surface area contributed by atoms with Crippen LogP contribution >= 0.6 is 11.3 Å². The van der Waals surface area contributed by atoms with Crippen LogP contribution in [0.3, 0.4) is 0 Å². The van der Waals surface area contributed by atoms with Gasteiger partial charge in [0.05, 0.1) is 11.8 Å². The number of H-pyrrole nitrogens is 1. The van der Waals surface area contributed by atoms with E-state index < -0.39 is 18.5 Å². The number of nitrogens with one attached hydrogen (secondary N) is 1. The zero-order valence-corrected chi connectivity index (χ0v) is 18.3. The van der Waals surface area contributed by atoms with Crippen LogP contribution < -0.4 is 10.6 Å². The van der Waals surface area contributed by atoms with Crippen molar-refractivity contribution in [2.24, 2.45) is 5.73 Å². The Morgan fingerprint density at radius 3 is 2.64 bits per heavy atom. The molecule has 1 aliphatic rings. The number of aromatic amines is 1. The maximum atomic E-state index is 12.8. The summed E-state index contributed by atoms with van der Waals surface area (Å²) in [6.45, 7) is 3.78. The highest BCUT2D eigenvalue weighted by molar-refractivity contribution is 7.18. The number of fused-ring (bicyclic) bond motifs is 2. The first kappa shape index (κ1) is 21.7. The minimum Gasteiger partial charge on any atom is -0.364 e. The van der Waals surface area contributed by atoms with Crippen LogP contribution in [0.1, 0.15) is 20.9 Å². The molecule has 33 heavy (non-hydrogen) atoms. The van der Waals surface area contributed by atoms with Gasteiger partial charge in [0, 0.05) is 48.5 Å². The minimum atomic E-state index is -4.25. The third-order valence-corrected chi connectivity index (χ3v) is 6.81. The lowest BCUT2D eigenvalue weighted by atomic mass is 10.1. The molecule has 1 aliphatic heterocycles. The van der Waals surface area contributed by atoms with Crippen molar-refractivity contribution in [2.75, 3.05) is 31.1 Å². The molecule has 1 saturated heterocycles. The SMILES string of the molecule is NC(=O)c1cc2cc(CN3CCN(c4ncnc5sc(CC(F)(F)F)cc45)CC3)ccc2[nH]1. The fourth-order valence-electron chi connectivity index (χ4n) is 4.22. The van der Waals surface area contributed by atoms with Crippen LogP contribution in [0.4, 0.5) is 19.0 Å². The fourth-order valence-corrected chi connectivity index (χ4v) is 5.24. The van der Waals surface area contributed by atoms with E-state index in [1.165, 1.54) is 6.33 Å². The van der Waals surface area contributed by atoms with Gasteiger partial charge in [-0.15, -0.1) is 11.3 Å². The van der Waals surface area contributed by atoms with Gasteiger partial charge in [0.2, 0.25) is 0 Å². The van der Waals surface area contributed by atoms with E-state index in [4.69, 9.17) is 5.73 Å². The number of carbonyl (C=O) groups is 1. The standard InChI is InChI=1S/C22H21F3N6OS/c23-22(24,25)10-15-9-16-20(27-12-28-21(16)33-15)31-5-3-30(4-6-31)11-13-1-2-17-14(7-13)8-18(29-17)19(26)32/h1-2,7-9,12,29H,3-6,10-11H2,(H2,26,32). The maximum Gasteiger partial charge on any atom is 0.393 e. The molecule has 1 amide bonds. The van der Waals surface area contributed by atoms with E-state index >= 15 is 0 Å². The van der Waals surface area contributed by atoms with Crippen molar-refractivity contribution in [3.8, 4) is 0 Å². The molecule has 4 heterocycles. The third kappa shape index (κ3) is 4.64. The predicted octanol–water partition coefficient (Wildman–Crippen LogP) is 3.70. The smallest absolute Gasteiger partial charge is 0.364 e. The molecule has 0 atom stereocenters. The van der Waals surface area contributed by atoms with E-state index in [9.17, 15) is 18.0 Å². The summed E-state index contributed by atoms with van der Waals surface area (Å²) in [6, 6.07) is 9.35. The van der Waals surface area contributed by atoms with Crippen LogP contribution in [0.2, 0.25) is 0 Å². The largest absolute Gasteiger partial charge is 0.393 e. The van der Waals surface area contributed by atoms with Crippen LogP contribution in [-0.4, -0.2) is 58.1 Å². The van der Waals surface area contributed by atoms with Crippen molar-refractivity contribution >= 4 is 44.2 Å². The number of alkyl halides is 3. The molecule has 172 valence electrons. The van der Waals surface area contributed by atoms with Crippen molar-refractivity contribution in [3.63, 3.8) is 0 Å². The van der Waals surface area contributed by atoms with Crippen LogP contribution in [0.5, 0.6) is 0 Å². The second-order valence-corrected chi connectivity index (χ2v) is 9.27. The summed E-state index contributed by atoms with van der Waals surface area (Å²) in [5.41, 5.74) is 7.73. The molecule has 7 nitrogen and oxygen atoms in total. The Hall–Kier alpha value is -3.18. The fraction of sp³-hybridized carbons (Fsp3) is 0.318. The quantitative estimate of drug-likeness (QED) is 0.460. The molecule has 0 unspecified atom stereocenters. The first-order valence-electron chi connectivity index (χ1n) is 10.4. The Balaban J connectivity index is 1.27. The highest BCUT2D eigenvalue weighted by Crippen LogP contribution is 2.34. The monoisotopic (exact) mass is 474 g/mol. The summed E-state index contributed by atoms with van der Waals surface area (Å²) < 4.78 is 38.4. The lowest BCUT2D eigenvalue weighted by Gasteiger charge is -2.35. The summed E-state index contributed by atoms with van der Waals surface area (Å²) in [4.78, 5) is 28.2. The second kappa shape index (κ2) is 8.31. The van der Waals surface area contributed by atoms with Gasteiger partial charge in [-0.1, -0.05) is 6.07 Å². The van der Waals surface area contributed by atoms with E-state index in [-0.39, 0.29) is 4.88 Å². The van der Waals surface area contributed by atoms with Crippen molar-refractivity contribution in [3.05, 3.63) is 52.8 Å². The van der Waals surface area contributed by atoms with Gasteiger partial charge in [0.1, 0.15) is 22.7 Å².